The molecule has 3 aliphatic rings. The number of Topliss-reactive ketones (excluding diaryl/α,β-unsaturated/α-hetero) is 1. The normalized spacial score (nSPS) is 15.4. The fraction of sp³-hybridized carbons (Fsp3) is 0.321. The van der Waals surface area contributed by atoms with Gasteiger partial charge < -0.3 is 36.6 Å². The fourth-order valence-corrected chi connectivity index (χ4v) is 9.06. The Morgan fingerprint density at radius 2 is 0.886 bits per heavy atom. The van der Waals surface area contributed by atoms with Crippen LogP contribution in [0.3, 0.4) is 0 Å². The first-order valence-corrected chi connectivity index (χ1v) is 23.9. The van der Waals surface area contributed by atoms with Gasteiger partial charge in [-0.2, -0.15) is 0 Å². The molecule has 70 heavy (non-hydrogen) atoms. The lowest BCUT2D eigenvalue weighted by molar-refractivity contribution is -0.142. The second kappa shape index (κ2) is 23.4. The summed E-state index contributed by atoms with van der Waals surface area (Å²) in [6.07, 6.45) is 7.04. The number of ether oxygens (including phenoxy) is 1. The number of halogens is 3. The van der Waals surface area contributed by atoms with Crippen LogP contribution in [0.2, 0.25) is 0 Å². The first-order valence-electron chi connectivity index (χ1n) is 23.0. The van der Waals surface area contributed by atoms with Crippen LogP contribution in [0.15, 0.2) is 115 Å². The van der Waals surface area contributed by atoms with Gasteiger partial charge in [0, 0.05) is 44.0 Å². The van der Waals surface area contributed by atoms with Crippen LogP contribution in [-0.4, -0.2) is 72.3 Å². The van der Waals surface area contributed by atoms with E-state index in [-0.39, 0.29) is 33.6 Å². The van der Waals surface area contributed by atoms with E-state index in [1.165, 1.54) is 69.3 Å². The summed E-state index contributed by atoms with van der Waals surface area (Å²) in [5, 5.41) is 16.6. The lowest BCUT2D eigenvalue weighted by Gasteiger charge is -2.41. The number of benzene rings is 5. The number of thioether (sulfide) groups is 1. The lowest BCUT2D eigenvalue weighted by atomic mass is 9.74. The minimum atomic E-state index is -0.864. The van der Waals surface area contributed by atoms with Crippen LogP contribution >= 0.6 is 11.8 Å². The fourth-order valence-electron chi connectivity index (χ4n) is 8.03. The van der Waals surface area contributed by atoms with Crippen LogP contribution in [0.25, 0.3) is 0 Å². The number of hydrogen-bond donors (Lipinski definition) is 6. The van der Waals surface area contributed by atoms with E-state index in [1.807, 2.05) is 36.4 Å². The minimum Gasteiger partial charge on any atom is -0.425 e. The molecule has 0 saturated heterocycles. The molecule has 3 saturated carbocycles. The molecule has 0 bridgehead atoms. The molecule has 0 radical (unpaired) electrons. The van der Waals surface area contributed by atoms with Crippen molar-refractivity contribution >= 4 is 63.4 Å². The molecule has 17 heteroatoms. The molecule has 6 N–H and O–H groups in total. The maximum absolute atomic E-state index is 14.2. The van der Waals surface area contributed by atoms with Gasteiger partial charge in [0.1, 0.15) is 34.3 Å². The monoisotopic (exact) mass is 978 g/mol. The van der Waals surface area contributed by atoms with Crippen molar-refractivity contribution in [2.75, 3.05) is 37.1 Å². The van der Waals surface area contributed by atoms with E-state index in [0.717, 1.165) is 50.5 Å². The summed E-state index contributed by atoms with van der Waals surface area (Å²) >= 11 is 1.29. The Bertz CT molecular complexity index is 2700. The van der Waals surface area contributed by atoms with Gasteiger partial charge in [-0.25, -0.2) is 18.0 Å². The first-order chi connectivity index (χ1) is 33.6. The van der Waals surface area contributed by atoms with Crippen molar-refractivity contribution < 1.29 is 46.7 Å². The zero-order chi connectivity index (χ0) is 50.5. The topological polar surface area (TPSA) is 184 Å². The van der Waals surface area contributed by atoms with Crippen LogP contribution in [0.4, 0.5) is 30.2 Å². The minimum absolute atomic E-state index is 0.00136. The molecular weight excluding hydrogens is 922 g/mol. The van der Waals surface area contributed by atoms with E-state index >= 15 is 0 Å². The molecule has 368 valence electrons. The molecule has 0 spiro atoms. The summed E-state index contributed by atoms with van der Waals surface area (Å²) in [4.78, 5) is 71.5. The van der Waals surface area contributed by atoms with E-state index in [9.17, 15) is 41.9 Å². The summed E-state index contributed by atoms with van der Waals surface area (Å²) in [5.41, 5.74) is 0.462. The van der Waals surface area contributed by atoms with Gasteiger partial charge in [-0.1, -0.05) is 60.3 Å². The standard InChI is InChI=1S/C20H21FN2O2S.C19H19FN2O3.C14H17FN2O2/c1-22-18(24)16-9-8-15(12-17(16)21)23-20(10-5-11-20)19(25)26-13-14-6-3-2-4-7-14;1-21-17(23)15-9-8-13(12-16(15)20)22-19(10-5-11-19)18(24)25-14-6-3-2-4-7-14;1-9(18)14(6-3-7-14)17-10-4-5-11(12(15)8-10)13(19)16-2/h2-4,6-9,12,23H,5,10-11,13H2,1H3,(H,22,24);2-4,6-9,12,22H,5,10-11H2,1H3,(H,21,23);4-5,8,17H,3,6-7H2,1-2H3,(H,16,19). The number of ketones is 1. The number of amides is 3. The van der Waals surface area contributed by atoms with Crippen LogP contribution < -0.4 is 36.6 Å². The highest BCUT2D eigenvalue weighted by molar-refractivity contribution is 8.13. The van der Waals surface area contributed by atoms with Crippen LogP contribution in [0.1, 0.15) is 101 Å². The molecule has 0 aromatic heterocycles. The van der Waals surface area contributed by atoms with Crippen LogP contribution in [0, 0.1) is 17.5 Å². The molecule has 3 amide bonds. The Labute approximate surface area is 409 Å². The first kappa shape index (κ1) is 52.2. The third-order valence-corrected chi connectivity index (χ3v) is 13.8. The second-order valence-corrected chi connectivity index (χ2v) is 18.3. The zero-order valence-corrected chi connectivity index (χ0v) is 40.3. The average Bonchev–Trinajstić information content (AvgIpc) is 3.32. The molecule has 5 aromatic carbocycles. The summed E-state index contributed by atoms with van der Waals surface area (Å²) < 4.78 is 47.5. The third-order valence-electron chi connectivity index (χ3n) is 12.7. The highest BCUT2D eigenvalue weighted by Crippen LogP contribution is 2.41. The van der Waals surface area contributed by atoms with Crippen molar-refractivity contribution in [3.63, 3.8) is 0 Å². The van der Waals surface area contributed by atoms with Crippen LogP contribution in [0.5, 0.6) is 5.75 Å². The maximum Gasteiger partial charge on any atom is 0.337 e. The molecule has 13 nitrogen and oxygen atoms in total. The van der Waals surface area contributed by atoms with Gasteiger partial charge in [0.2, 0.25) is 5.12 Å². The molecular formula is C53H57F3N6O7S. The van der Waals surface area contributed by atoms with Crippen molar-refractivity contribution in [3.8, 4) is 5.75 Å². The van der Waals surface area contributed by atoms with Gasteiger partial charge in [-0.05, 0) is 137 Å². The Kier molecular flexibility index (Phi) is 17.5. The smallest absolute Gasteiger partial charge is 0.337 e. The van der Waals surface area contributed by atoms with E-state index in [4.69, 9.17) is 4.74 Å². The highest BCUT2D eigenvalue weighted by Gasteiger charge is 2.47. The SMILES string of the molecule is CNC(=O)c1ccc(NC2(C(=O)Oc3ccccc3)CCC2)cc1F.CNC(=O)c1ccc(NC2(C(=O)SCc3ccccc3)CCC2)cc1F.CNC(=O)c1ccc(NC2(C(C)=O)CCC2)cc1F. The predicted molar refractivity (Wildman–Crippen MR) is 265 cm³/mol. The second-order valence-electron chi connectivity index (χ2n) is 17.3. The van der Waals surface area contributed by atoms with Crippen LogP contribution in [-0.2, 0) is 20.1 Å². The Morgan fingerprint density at radius 1 is 0.514 bits per heavy atom. The van der Waals surface area contributed by atoms with Crippen molar-refractivity contribution in [3.05, 3.63) is 155 Å². The highest BCUT2D eigenvalue weighted by atomic mass is 32.2. The number of carbonyl (C=O) groups is 6. The van der Waals surface area contributed by atoms with Gasteiger partial charge in [0.05, 0.1) is 22.2 Å². The number of rotatable bonds is 15. The van der Waals surface area contributed by atoms with Gasteiger partial charge in [0.15, 0.2) is 5.78 Å². The Hall–Kier alpha value is -7.14. The summed E-state index contributed by atoms with van der Waals surface area (Å²) in [7, 11) is 4.35. The maximum atomic E-state index is 14.2. The van der Waals surface area contributed by atoms with Gasteiger partial charge >= 0.3 is 5.97 Å². The number of carbonyl (C=O) groups excluding carboxylic acids is 6. The van der Waals surface area contributed by atoms with E-state index in [1.54, 1.807) is 49.4 Å². The van der Waals surface area contributed by atoms with E-state index in [0.29, 0.717) is 41.4 Å². The van der Waals surface area contributed by atoms with Gasteiger partial charge in [-0.3, -0.25) is 24.0 Å². The third kappa shape index (κ3) is 12.5. The number of para-hydroxylation sites is 1. The molecule has 0 heterocycles. The number of nitrogens with one attached hydrogen (secondary N) is 6. The average molecular weight is 979 g/mol. The Morgan fingerprint density at radius 3 is 1.23 bits per heavy atom. The van der Waals surface area contributed by atoms with Gasteiger partial charge in [-0.15, -0.1) is 0 Å². The summed E-state index contributed by atoms with van der Waals surface area (Å²) in [5.74, 6) is -2.50. The molecule has 5 aromatic rings. The van der Waals surface area contributed by atoms with E-state index in [2.05, 4.69) is 31.9 Å². The number of esters is 1. The zero-order valence-electron chi connectivity index (χ0n) is 39.4. The van der Waals surface area contributed by atoms with Crippen molar-refractivity contribution in [2.45, 2.75) is 87.1 Å². The number of anilines is 3. The molecule has 3 aliphatic carbocycles. The van der Waals surface area contributed by atoms with Crippen molar-refractivity contribution in [1.29, 1.82) is 0 Å². The molecule has 3 fully saturated rings. The molecule has 0 aliphatic heterocycles. The Balaban J connectivity index is 0.000000174. The predicted octanol–water partition coefficient (Wildman–Crippen LogP) is 9.21. The summed E-state index contributed by atoms with van der Waals surface area (Å²) in [6, 6.07) is 31.5. The van der Waals surface area contributed by atoms with Gasteiger partial charge in [0.25, 0.3) is 17.7 Å². The molecule has 8 rings (SSSR count). The molecule has 0 atom stereocenters. The lowest BCUT2D eigenvalue weighted by Crippen LogP contribution is -2.54. The van der Waals surface area contributed by atoms with Crippen molar-refractivity contribution in [1.82, 2.24) is 16.0 Å². The number of hydrogen-bond acceptors (Lipinski definition) is 11. The van der Waals surface area contributed by atoms with E-state index < -0.39 is 51.8 Å². The van der Waals surface area contributed by atoms with Crippen molar-refractivity contribution in [2.24, 2.45) is 0 Å². The quantitative estimate of drug-likeness (QED) is 0.0434. The largest absolute Gasteiger partial charge is 0.425 e. The summed E-state index contributed by atoms with van der Waals surface area (Å²) in [6.45, 7) is 1.54. The molecule has 0 unspecified atom stereocenters.